The fourth-order valence-electron chi connectivity index (χ4n) is 3.50. The summed E-state index contributed by atoms with van der Waals surface area (Å²) in [5.41, 5.74) is 7.21. The predicted molar refractivity (Wildman–Crippen MR) is 100 cm³/mol. The van der Waals surface area contributed by atoms with E-state index in [1.54, 1.807) is 0 Å². The first-order chi connectivity index (χ1) is 12.6. The first-order valence-corrected chi connectivity index (χ1v) is 9.53. The van der Waals surface area contributed by atoms with Crippen LogP contribution in [0.4, 0.5) is 5.69 Å². The Bertz CT molecular complexity index is 608. The van der Waals surface area contributed by atoms with Crippen LogP contribution in [0.3, 0.4) is 0 Å². The number of benzene rings is 1. The summed E-state index contributed by atoms with van der Waals surface area (Å²) in [7, 11) is 0. The summed E-state index contributed by atoms with van der Waals surface area (Å²) in [6.07, 6.45) is 3.40. The number of carbonyl (C=O) groups excluding carboxylic acids is 1. The van der Waals surface area contributed by atoms with Gasteiger partial charge in [-0.15, -0.1) is 0 Å². The Labute approximate surface area is 155 Å². The van der Waals surface area contributed by atoms with Crippen LogP contribution in [-0.4, -0.2) is 45.5 Å². The number of hydrogen-bond acceptors (Lipinski definition) is 5. The van der Waals surface area contributed by atoms with Gasteiger partial charge >= 0.3 is 0 Å². The number of rotatable bonds is 6. The Morgan fingerprint density at radius 2 is 1.92 bits per heavy atom. The molecule has 1 aromatic rings. The van der Waals surface area contributed by atoms with Crippen LogP contribution in [0, 0.1) is 18.3 Å². The molecule has 6 heteroatoms. The maximum Gasteiger partial charge on any atom is 0.232 e. The molecule has 0 unspecified atom stereocenters. The number of amides is 1. The highest BCUT2D eigenvalue weighted by Gasteiger charge is 2.38. The van der Waals surface area contributed by atoms with Crippen LogP contribution in [0.15, 0.2) is 18.2 Å². The van der Waals surface area contributed by atoms with Gasteiger partial charge in [0.2, 0.25) is 5.91 Å². The van der Waals surface area contributed by atoms with Crippen LogP contribution in [-0.2, 0) is 14.3 Å². The van der Waals surface area contributed by atoms with E-state index in [2.05, 4.69) is 5.32 Å². The smallest absolute Gasteiger partial charge is 0.232 e. The largest absolute Gasteiger partial charge is 0.493 e. The van der Waals surface area contributed by atoms with E-state index in [1.165, 1.54) is 0 Å². The van der Waals surface area contributed by atoms with E-state index >= 15 is 0 Å². The quantitative estimate of drug-likeness (QED) is 0.812. The molecule has 0 bridgehead atoms. The molecule has 2 saturated heterocycles. The van der Waals surface area contributed by atoms with Crippen molar-refractivity contribution < 1.29 is 19.0 Å². The first-order valence-electron chi connectivity index (χ1n) is 9.53. The van der Waals surface area contributed by atoms with Crippen LogP contribution in [0.5, 0.6) is 5.75 Å². The van der Waals surface area contributed by atoms with E-state index < -0.39 is 5.41 Å². The van der Waals surface area contributed by atoms with Crippen molar-refractivity contribution in [1.29, 1.82) is 0 Å². The Hall–Kier alpha value is -1.63. The number of anilines is 1. The average Bonchev–Trinajstić information content (AvgIpc) is 2.69. The third-order valence-corrected chi connectivity index (χ3v) is 5.58. The van der Waals surface area contributed by atoms with Crippen molar-refractivity contribution in [2.24, 2.45) is 17.1 Å². The van der Waals surface area contributed by atoms with E-state index in [-0.39, 0.29) is 5.91 Å². The molecule has 0 saturated carbocycles. The molecule has 2 fully saturated rings. The van der Waals surface area contributed by atoms with Crippen molar-refractivity contribution in [2.75, 3.05) is 44.9 Å². The van der Waals surface area contributed by atoms with E-state index in [0.717, 1.165) is 43.1 Å². The van der Waals surface area contributed by atoms with Gasteiger partial charge in [-0.25, -0.2) is 0 Å². The summed E-state index contributed by atoms with van der Waals surface area (Å²) in [4.78, 5) is 12.8. The molecular weight excluding hydrogens is 332 g/mol. The van der Waals surface area contributed by atoms with Crippen molar-refractivity contribution in [2.45, 2.75) is 32.6 Å². The fraction of sp³-hybridized carbons (Fsp3) is 0.650. The molecule has 0 radical (unpaired) electrons. The van der Waals surface area contributed by atoms with Gasteiger partial charge in [-0.05, 0) is 50.2 Å². The lowest BCUT2D eigenvalue weighted by Gasteiger charge is -2.34. The highest BCUT2D eigenvalue weighted by atomic mass is 16.5. The van der Waals surface area contributed by atoms with Gasteiger partial charge in [0.05, 0.1) is 12.0 Å². The van der Waals surface area contributed by atoms with E-state index in [4.69, 9.17) is 19.9 Å². The van der Waals surface area contributed by atoms with E-state index in [1.807, 2.05) is 25.1 Å². The van der Waals surface area contributed by atoms with Gasteiger partial charge in [-0.3, -0.25) is 4.79 Å². The molecule has 26 heavy (non-hydrogen) atoms. The lowest BCUT2D eigenvalue weighted by Crippen LogP contribution is -2.46. The predicted octanol–water partition coefficient (Wildman–Crippen LogP) is 2.49. The third kappa shape index (κ3) is 4.55. The third-order valence-electron chi connectivity index (χ3n) is 5.58. The Kier molecular flexibility index (Phi) is 6.51. The molecule has 1 amide bonds. The molecule has 3 N–H and O–H groups in total. The average molecular weight is 362 g/mol. The van der Waals surface area contributed by atoms with Crippen LogP contribution in [0.25, 0.3) is 0 Å². The molecule has 144 valence electrons. The summed E-state index contributed by atoms with van der Waals surface area (Å²) in [6, 6.07) is 5.81. The maximum atomic E-state index is 12.8. The second-order valence-corrected chi connectivity index (χ2v) is 7.40. The van der Waals surface area contributed by atoms with Crippen molar-refractivity contribution in [3.63, 3.8) is 0 Å². The van der Waals surface area contributed by atoms with Crippen LogP contribution >= 0.6 is 0 Å². The Balaban J connectivity index is 1.63. The van der Waals surface area contributed by atoms with Gasteiger partial charge in [0, 0.05) is 44.7 Å². The van der Waals surface area contributed by atoms with Gasteiger partial charge in [0.1, 0.15) is 5.75 Å². The monoisotopic (exact) mass is 362 g/mol. The minimum absolute atomic E-state index is 0.0254. The molecule has 2 aliphatic rings. The second-order valence-electron chi connectivity index (χ2n) is 7.40. The lowest BCUT2D eigenvalue weighted by atomic mass is 9.79. The fourth-order valence-corrected chi connectivity index (χ4v) is 3.50. The Morgan fingerprint density at radius 1 is 1.23 bits per heavy atom. The molecule has 2 heterocycles. The number of nitrogens with two attached hydrogens (primary N) is 1. The van der Waals surface area contributed by atoms with Crippen LogP contribution in [0.2, 0.25) is 0 Å². The van der Waals surface area contributed by atoms with Gasteiger partial charge in [0.15, 0.2) is 0 Å². The number of aryl methyl sites for hydroxylation is 1. The zero-order chi connectivity index (χ0) is 18.4. The molecule has 6 nitrogen and oxygen atoms in total. The summed E-state index contributed by atoms with van der Waals surface area (Å²) in [5.74, 6) is 1.33. The molecule has 1 aromatic carbocycles. The summed E-state index contributed by atoms with van der Waals surface area (Å²) in [6.45, 7) is 5.83. The van der Waals surface area contributed by atoms with E-state index in [9.17, 15) is 4.79 Å². The molecule has 0 atom stereocenters. The maximum absolute atomic E-state index is 12.8. The molecule has 3 rings (SSSR count). The van der Waals surface area contributed by atoms with Crippen molar-refractivity contribution >= 4 is 11.6 Å². The summed E-state index contributed by atoms with van der Waals surface area (Å²) in [5, 5.41) is 3.03. The SMILES string of the molecule is Cc1ccc(NC(=O)C2(CN)CCOCC2)cc1OCC1CCOCC1. The molecular formula is C20H30N2O4. The minimum Gasteiger partial charge on any atom is -0.493 e. The van der Waals surface area contributed by atoms with Crippen LogP contribution < -0.4 is 15.8 Å². The first kappa shape index (κ1) is 19.1. The zero-order valence-electron chi connectivity index (χ0n) is 15.6. The summed E-state index contributed by atoms with van der Waals surface area (Å²) >= 11 is 0. The zero-order valence-corrected chi connectivity index (χ0v) is 15.6. The molecule has 0 aromatic heterocycles. The second kappa shape index (κ2) is 8.84. The van der Waals surface area contributed by atoms with Crippen molar-refractivity contribution in [3.8, 4) is 5.75 Å². The minimum atomic E-state index is -0.535. The standard InChI is InChI=1S/C20H30N2O4/c1-15-2-3-17(12-18(15)26-13-16-4-8-24-9-5-16)22-19(23)20(14-21)6-10-25-11-7-20/h2-3,12,16H,4-11,13-14,21H2,1H3,(H,22,23). The van der Waals surface area contributed by atoms with Gasteiger partial charge in [-0.1, -0.05) is 6.07 Å². The lowest BCUT2D eigenvalue weighted by molar-refractivity contribution is -0.130. The number of carbonyl (C=O) groups is 1. The van der Waals surface area contributed by atoms with Gasteiger partial charge < -0.3 is 25.3 Å². The van der Waals surface area contributed by atoms with Gasteiger partial charge in [0.25, 0.3) is 0 Å². The normalized spacial score (nSPS) is 20.5. The number of nitrogens with one attached hydrogen (secondary N) is 1. The number of hydrogen-bond donors (Lipinski definition) is 2. The van der Waals surface area contributed by atoms with Crippen LogP contribution in [0.1, 0.15) is 31.2 Å². The summed E-state index contributed by atoms with van der Waals surface area (Å²) < 4.78 is 16.8. The Morgan fingerprint density at radius 3 is 2.62 bits per heavy atom. The van der Waals surface area contributed by atoms with E-state index in [0.29, 0.717) is 45.1 Å². The molecule has 0 spiro atoms. The topological polar surface area (TPSA) is 82.8 Å². The van der Waals surface area contributed by atoms with Gasteiger partial charge in [-0.2, -0.15) is 0 Å². The molecule has 0 aliphatic carbocycles. The highest BCUT2D eigenvalue weighted by Crippen LogP contribution is 2.32. The number of ether oxygens (including phenoxy) is 3. The van der Waals surface area contributed by atoms with Crippen molar-refractivity contribution in [3.05, 3.63) is 23.8 Å². The van der Waals surface area contributed by atoms with Crippen molar-refractivity contribution in [1.82, 2.24) is 0 Å². The highest BCUT2D eigenvalue weighted by molar-refractivity contribution is 5.95. The molecule has 2 aliphatic heterocycles.